The van der Waals surface area contributed by atoms with Crippen LogP contribution in [0, 0.1) is 0 Å². The molecule has 5 heteroatoms. The molecule has 0 saturated heterocycles. The number of rotatable bonds is 9. The molecule has 26 heavy (non-hydrogen) atoms. The zero-order valence-corrected chi connectivity index (χ0v) is 16.3. The Bertz CT molecular complexity index is 713. The lowest BCUT2D eigenvalue weighted by Gasteiger charge is -2.20. The number of nitrogens with one attached hydrogen (secondary N) is 2. The van der Waals surface area contributed by atoms with Gasteiger partial charge in [-0.15, -0.1) is 0 Å². The fourth-order valence-electron chi connectivity index (χ4n) is 3.08. The quantitative estimate of drug-likeness (QED) is 0.651. The molecule has 142 valence electrons. The van der Waals surface area contributed by atoms with Gasteiger partial charge in [-0.1, -0.05) is 24.3 Å². The first-order valence-corrected chi connectivity index (χ1v) is 9.45. The van der Waals surface area contributed by atoms with Gasteiger partial charge in [-0.3, -0.25) is 0 Å². The Morgan fingerprint density at radius 2 is 1.92 bits per heavy atom. The van der Waals surface area contributed by atoms with E-state index in [0.29, 0.717) is 12.6 Å². The highest BCUT2D eigenvalue weighted by atomic mass is 16.5. The van der Waals surface area contributed by atoms with Gasteiger partial charge in [0.05, 0.1) is 7.11 Å². The van der Waals surface area contributed by atoms with Crippen LogP contribution in [-0.4, -0.2) is 43.7 Å². The third-order valence-electron chi connectivity index (χ3n) is 4.61. The number of benzene rings is 2. The minimum absolute atomic E-state index is 0.0226. The van der Waals surface area contributed by atoms with E-state index >= 15 is 0 Å². The molecule has 0 aliphatic heterocycles. The van der Waals surface area contributed by atoms with E-state index in [0.717, 1.165) is 42.8 Å². The number of nitrogens with zero attached hydrogens (tertiary/aromatic N) is 1. The van der Waals surface area contributed by atoms with E-state index in [9.17, 15) is 4.79 Å². The molecular weight excluding hydrogens is 326 g/mol. The molecule has 2 amide bonds. The van der Waals surface area contributed by atoms with E-state index in [2.05, 4.69) is 29.7 Å². The smallest absolute Gasteiger partial charge is 0.317 e. The Morgan fingerprint density at radius 1 is 1.19 bits per heavy atom. The van der Waals surface area contributed by atoms with Gasteiger partial charge in [0.25, 0.3) is 0 Å². The second-order valence-corrected chi connectivity index (χ2v) is 6.49. The maximum Gasteiger partial charge on any atom is 0.317 e. The molecule has 0 saturated carbocycles. The van der Waals surface area contributed by atoms with E-state index in [1.807, 2.05) is 38.1 Å². The average molecular weight is 357 g/mol. The van der Waals surface area contributed by atoms with Gasteiger partial charge >= 0.3 is 6.03 Å². The number of carbonyl (C=O) groups excluding carboxylic acids is 1. The van der Waals surface area contributed by atoms with Gasteiger partial charge in [-0.25, -0.2) is 4.79 Å². The Morgan fingerprint density at radius 3 is 2.62 bits per heavy atom. The summed E-state index contributed by atoms with van der Waals surface area (Å²) in [5.74, 6) is 0.852. The fourth-order valence-corrected chi connectivity index (χ4v) is 3.08. The van der Waals surface area contributed by atoms with Crippen LogP contribution in [0.1, 0.15) is 33.6 Å². The van der Waals surface area contributed by atoms with Crippen molar-refractivity contribution in [2.45, 2.75) is 39.7 Å². The van der Waals surface area contributed by atoms with Gasteiger partial charge < -0.3 is 20.3 Å². The van der Waals surface area contributed by atoms with Gasteiger partial charge in [0.15, 0.2) is 0 Å². The topological polar surface area (TPSA) is 53.6 Å². The van der Waals surface area contributed by atoms with Crippen molar-refractivity contribution in [1.29, 1.82) is 0 Å². The number of ether oxygens (including phenoxy) is 1. The van der Waals surface area contributed by atoms with Crippen LogP contribution in [0.3, 0.4) is 0 Å². The summed E-state index contributed by atoms with van der Waals surface area (Å²) in [6.45, 7) is 8.33. The molecule has 0 aromatic heterocycles. The number of hydrogen-bond acceptors (Lipinski definition) is 3. The Labute approximate surface area is 156 Å². The van der Waals surface area contributed by atoms with Crippen molar-refractivity contribution < 1.29 is 9.53 Å². The second kappa shape index (κ2) is 9.90. The van der Waals surface area contributed by atoms with Gasteiger partial charge in [-0.05, 0) is 45.1 Å². The summed E-state index contributed by atoms with van der Waals surface area (Å²) in [6.07, 6.45) is 1.91. The lowest BCUT2D eigenvalue weighted by Crippen LogP contribution is -2.40. The molecule has 2 N–H and O–H groups in total. The summed E-state index contributed by atoms with van der Waals surface area (Å²) >= 11 is 0. The van der Waals surface area contributed by atoms with E-state index in [1.165, 1.54) is 5.39 Å². The number of anilines is 1. The van der Waals surface area contributed by atoms with Crippen LogP contribution in [-0.2, 0) is 0 Å². The van der Waals surface area contributed by atoms with E-state index in [-0.39, 0.29) is 6.03 Å². The first-order chi connectivity index (χ1) is 12.6. The molecule has 0 bridgehead atoms. The highest BCUT2D eigenvalue weighted by Crippen LogP contribution is 2.30. The molecule has 0 radical (unpaired) electrons. The number of carbonyl (C=O) groups is 1. The standard InChI is InChI=1S/C21H31N3O2/c1-5-24(6-2)21(25)22-13-9-10-16(3)23-20-15-18(26-4)14-17-11-7-8-12-19(17)20/h7-8,11-12,14-16,23H,5-6,9-10,13H2,1-4H3,(H,22,25). The highest BCUT2D eigenvalue weighted by Gasteiger charge is 2.10. The summed E-state index contributed by atoms with van der Waals surface area (Å²) in [5.41, 5.74) is 1.08. The third-order valence-corrected chi connectivity index (χ3v) is 4.61. The van der Waals surface area contributed by atoms with Crippen LogP contribution in [0.5, 0.6) is 5.75 Å². The lowest BCUT2D eigenvalue weighted by atomic mass is 10.1. The molecule has 0 fully saturated rings. The predicted octanol–water partition coefficient (Wildman–Crippen LogP) is 4.48. The molecule has 1 unspecified atom stereocenters. The van der Waals surface area contributed by atoms with E-state index in [4.69, 9.17) is 4.74 Å². The molecular formula is C21H31N3O2. The molecule has 0 aliphatic carbocycles. The van der Waals surface area contributed by atoms with Crippen molar-refractivity contribution in [3.8, 4) is 5.75 Å². The molecule has 5 nitrogen and oxygen atoms in total. The maximum atomic E-state index is 11.9. The number of fused-ring (bicyclic) bond motifs is 1. The van der Waals surface area contributed by atoms with Crippen molar-refractivity contribution in [2.75, 3.05) is 32.1 Å². The largest absolute Gasteiger partial charge is 0.497 e. The summed E-state index contributed by atoms with van der Waals surface area (Å²) < 4.78 is 5.42. The zero-order valence-electron chi connectivity index (χ0n) is 16.3. The SMILES string of the molecule is CCN(CC)C(=O)NCCCC(C)Nc1cc(OC)cc2ccccc12. The molecule has 1 atom stereocenters. The van der Waals surface area contributed by atoms with Crippen molar-refractivity contribution in [2.24, 2.45) is 0 Å². The number of amides is 2. The normalized spacial score (nSPS) is 11.8. The van der Waals surface area contributed by atoms with Crippen LogP contribution < -0.4 is 15.4 Å². The molecule has 2 aromatic rings. The Hall–Kier alpha value is -2.43. The third kappa shape index (κ3) is 5.28. The van der Waals surface area contributed by atoms with E-state index in [1.54, 1.807) is 12.0 Å². The van der Waals surface area contributed by atoms with Gasteiger partial charge in [0.2, 0.25) is 0 Å². The van der Waals surface area contributed by atoms with Gasteiger partial charge in [-0.2, -0.15) is 0 Å². The Balaban J connectivity index is 1.89. The lowest BCUT2D eigenvalue weighted by molar-refractivity contribution is 0.203. The highest BCUT2D eigenvalue weighted by molar-refractivity contribution is 5.95. The Kier molecular flexibility index (Phi) is 7.57. The fraction of sp³-hybridized carbons (Fsp3) is 0.476. The van der Waals surface area contributed by atoms with Crippen molar-refractivity contribution >= 4 is 22.5 Å². The first-order valence-electron chi connectivity index (χ1n) is 9.45. The summed E-state index contributed by atoms with van der Waals surface area (Å²) in [6, 6.07) is 12.7. The maximum absolute atomic E-state index is 11.9. The molecule has 0 heterocycles. The van der Waals surface area contributed by atoms with Crippen LogP contribution >= 0.6 is 0 Å². The van der Waals surface area contributed by atoms with Gasteiger partial charge in [0, 0.05) is 42.8 Å². The number of hydrogen-bond donors (Lipinski definition) is 2. The predicted molar refractivity (Wildman–Crippen MR) is 109 cm³/mol. The molecule has 2 rings (SSSR count). The average Bonchev–Trinajstić information content (AvgIpc) is 2.66. The minimum Gasteiger partial charge on any atom is -0.497 e. The summed E-state index contributed by atoms with van der Waals surface area (Å²) in [4.78, 5) is 13.7. The summed E-state index contributed by atoms with van der Waals surface area (Å²) in [5, 5.41) is 8.93. The molecule has 0 aliphatic rings. The minimum atomic E-state index is 0.0226. The number of methoxy groups -OCH3 is 1. The van der Waals surface area contributed by atoms with Crippen LogP contribution in [0.25, 0.3) is 10.8 Å². The van der Waals surface area contributed by atoms with Crippen molar-refractivity contribution in [3.63, 3.8) is 0 Å². The first kappa shape index (κ1) is 19.9. The van der Waals surface area contributed by atoms with Crippen LogP contribution in [0.15, 0.2) is 36.4 Å². The summed E-state index contributed by atoms with van der Waals surface area (Å²) in [7, 11) is 1.69. The second-order valence-electron chi connectivity index (χ2n) is 6.49. The van der Waals surface area contributed by atoms with Crippen molar-refractivity contribution in [3.05, 3.63) is 36.4 Å². The zero-order chi connectivity index (χ0) is 18.9. The van der Waals surface area contributed by atoms with Crippen LogP contribution in [0.2, 0.25) is 0 Å². The number of urea groups is 1. The van der Waals surface area contributed by atoms with E-state index < -0.39 is 0 Å². The van der Waals surface area contributed by atoms with Crippen LogP contribution in [0.4, 0.5) is 10.5 Å². The molecule has 2 aromatic carbocycles. The molecule has 0 spiro atoms. The van der Waals surface area contributed by atoms with Gasteiger partial charge in [0.1, 0.15) is 5.75 Å². The monoisotopic (exact) mass is 357 g/mol. The van der Waals surface area contributed by atoms with Crippen molar-refractivity contribution in [1.82, 2.24) is 10.2 Å².